The second-order valence-corrected chi connectivity index (χ2v) is 5.08. The number of unbranched alkanes of at least 4 members (excludes halogenated alkanes) is 2. The molecular weight excluding hydrogens is 389 g/mol. The van der Waals surface area contributed by atoms with Gasteiger partial charge in [0.1, 0.15) is 5.82 Å². The fraction of sp³-hybridized carbons (Fsp3) is 0.500. The second-order valence-electron chi connectivity index (χ2n) is 5.08. The molecule has 122 valence electrons. The molecule has 0 saturated heterocycles. The molecule has 1 heterocycles. The van der Waals surface area contributed by atoms with Gasteiger partial charge in [0.25, 0.3) is 0 Å². The molecule has 0 aliphatic heterocycles. The standard InChI is InChI=1S/C16H25N5.HI/c1-3-4-7-11-18-16(17-2)19-12-10-15-20-13-8-5-6-9-14(13)21-15;/h5-6,8-9H,3-4,7,10-12H2,1-2H3,(H,20,21)(H2,17,18,19);1H. The van der Waals surface area contributed by atoms with E-state index in [0.717, 1.165) is 42.3 Å². The average molecular weight is 415 g/mol. The van der Waals surface area contributed by atoms with Crippen LogP contribution in [0.2, 0.25) is 0 Å². The van der Waals surface area contributed by atoms with Gasteiger partial charge in [-0.3, -0.25) is 4.99 Å². The van der Waals surface area contributed by atoms with Gasteiger partial charge in [-0.15, -0.1) is 24.0 Å². The van der Waals surface area contributed by atoms with Crippen molar-refractivity contribution in [3.63, 3.8) is 0 Å². The van der Waals surface area contributed by atoms with E-state index in [1.165, 1.54) is 19.3 Å². The first-order valence-electron chi connectivity index (χ1n) is 7.71. The highest BCUT2D eigenvalue weighted by Gasteiger charge is 2.02. The van der Waals surface area contributed by atoms with Gasteiger partial charge < -0.3 is 15.6 Å². The van der Waals surface area contributed by atoms with Gasteiger partial charge in [0.15, 0.2) is 5.96 Å². The lowest BCUT2D eigenvalue weighted by atomic mass is 10.2. The van der Waals surface area contributed by atoms with Crippen molar-refractivity contribution in [2.24, 2.45) is 4.99 Å². The van der Waals surface area contributed by atoms with Crippen molar-refractivity contribution in [1.82, 2.24) is 20.6 Å². The molecule has 1 aromatic carbocycles. The lowest BCUT2D eigenvalue weighted by Gasteiger charge is -2.10. The molecule has 0 saturated carbocycles. The van der Waals surface area contributed by atoms with E-state index in [2.05, 4.69) is 32.5 Å². The first kappa shape index (κ1) is 18.7. The number of hydrogen-bond donors (Lipinski definition) is 3. The van der Waals surface area contributed by atoms with Crippen LogP contribution in [-0.4, -0.2) is 36.1 Å². The molecule has 0 radical (unpaired) electrons. The molecule has 1 aromatic heterocycles. The first-order valence-corrected chi connectivity index (χ1v) is 7.71. The molecule has 0 atom stereocenters. The van der Waals surface area contributed by atoms with Gasteiger partial charge in [-0.25, -0.2) is 4.98 Å². The lowest BCUT2D eigenvalue weighted by Crippen LogP contribution is -2.38. The molecule has 0 unspecified atom stereocenters. The largest absolute Gasteiger partial charge is 0.356 e. The number of aliphatic imine (C=N–C) groups is 1. The summed E-state index contributed by atoms with van der Waals surface area (Å²) in [7, 11) is 1.80. The summed E-state index contributed by atoms with van der Waals surface area (Å²) >= 11 is 0. The van der Waals surface area contributed by atoms with Crippen LogP contribution in [0.25, 0.3) is 11.0 Å². The Morgan fingerprint density at radius 2 is 1.95 bits per heavy atom. The lowest BCUT2D eigenvalue weighted by molar-refractivity contribution is 0.681. The van der Waals surface area contributed by atoms with Gasteiger partial charge in [-0.1, -0.05) is 31.9 Å². The van der Waals surface area contributed by atoms with Gasteiger partial charge in [0, 0.05) is 26.6 Å². The van der Waals surface area contributed by atoms with Crippen LogP contribution in [0.4, 0.5) is 0 Å². The molecular formula is C16H26IN5. The molecule has 0 bridgehead atoms. The van der Waals surface area contributed by atoms with Crippen LogP contribution in [0.5, 0.6) is 0 Å². The fourth-order valence-corrected chi connectivity index (χ4v) is 2.23. The van der Waals surface area contributed by atoms with Gasteiger partial charge in [-0.05, 0) is 18.6 Å². The Labute approximate surface area is 149 Å². The zero-order chi connectivity index (χ0) is 14.9. The van der Waals surface area contributed by atoms with E-state index in [1.807, 2.05) is 24.3 Å². The SMILES string of the molecule is CCCCCNC(=NC)NCCc1nc2ccccc2[nH]1.I. The number of aromatic nitrogens is 2. The number of para-hydroxylation sites is 2. The van der Waals surface area contributed by atoms with E-state index in [1.54, 1.807) is 7.05 Å². The van der Waals surface area contributed by atoms with E-state index in [-0.39, 0.29) is 24.0 Å². The summed E-state index contributed by atoms with van der Waals surface area (Å²) in [5, 5.41) is 6.64. The van der Waals surface area contributed by atoms with Crippen molar-refractivity contribution < 1.29 is 0 Å². The predicted molar refractivity (Wildman–Crippen MR) is 104 cm³/mol. The number of benzene rings is 1. The number of imidazole rings is 1. The normalized spacial score (nSPS) is 11.3. The number of hydrogen-bond acceptors (Lipinski definition) is 2. The minimum absolute atomic E-state index is 0. The number of guanidine groups is 1. The van der Waals surface area contributed by atoms with Crippen molar-refractivity contribution in [2.75, 3.05) is 20.1 Å². The summed E-state index contributed by atoms with van der Waals surface area (Å²) in [5.41, 5.74) is 2.11. The molecule has 5 nitrogen and oxygen atoms in total. The Bertz CT molecular complexity index is 546. The van der Waals surface area contributed by atoms with E-state index in [9.17, 15) is 0 Å². The Morgan fingerprint density at radius 3 is 2.68 bits per heavy atom. The molecule has 0 aliphatic rings. The number of halogens is 1. The minimum atomic E-state index is 0. The molecule has 3 N–H and O–H groups in total. The zero-order valence-electron chi connectivity index (χ0n) is 13.4. The van der Waals surface area contributed by atoms with Crippen LogP contribution in [0.1, 0.15) is 32.0 Å². The molecule has 2 rings (SSSR count). The highest BCUT2D eigenvalue weighted by atomic mass is 127. The highest BCUT2D eigenvalue weighted by Crippen LogP contribution is 2.10. The summed E-state index contributed by atoms with van der Waals surface area (Å²) in [6, 6.07) is 8.10. The van der Waals surface area contributed by atoms with Crippen molar-refractivity contribution in [3.8, 4) is 0 Å². The summed E-state index contributed by atoms with van der Waals surface area (Å²) < 4.78 is 0. The Hall–Kier alpha value is -1.31. The topological polar surface area (TPSA) is 65.1 Å². The molecule has 0 amide bonds. The molecule has 0 aliphatic carbocycles. The van der Waals surface area contributed by atoms with Crippen molar-refractivity contribution in [3.05, 3.63) is 30.1 Å². The van der Waals surface area contributed by atoms with Gasteiger partial charge in [0.05, 0.1) is 11.0 Å². The zero-order valence-corrected chi connectivity index (χ0v) is 15.7. The summed E-state index contributed by atoms with van der Waals surface area (Å²) in [6.45, 7) is 3.99. The van der Waals surface area contributed by atoms with Crippen molar-refractivity contribution >= 4 is 41.0 Å². The van der Waals surface area contributed by atoms with E-state index in [0.29, 0.717) is 0 Å². The van der Waals surface area contributed by atoms with Gasteiger partial charge >= 0.3 is 0 Å². The van der Waals surface area contributed by atoms with Crippen LogP contribution < -0.4 is 10.6 Å². The Balaban J connectivity index is 0.00000242. The summed E-state index contributed by atoms with van der Waals surface area (Å²) in [5.74, 6) is 1.87. The molecule has 6 heteroatoms. The molecule has 22 heavy (non-hydrogen) atoms. The van der Waals surface area contributed by atoms with E-state index < -0.39 is 0 Å². The Morgan fingerprint density at radius 1 is 1.18 bits per heavy atom. The third-order valence-corrected chi connectivity index (χ3v) is 3.39. The number of fused-ring (bicyclic) bond motifs is 1. The smallest absolute Gasteiger partial charge is 0.190 e. The molecule has 0 spiro atoms. The van der Waals surface area contributed by atoms with Crippen LogP contribution >= 0.6 is 24.0 Å². The van der Waals surface area contributed by atoms with Crippen LogP contribution in [-0.2, 0) is 6.42 Å². The second kappa shape index (κ2) is 10.4. The third-order valence-electron chi connectivity index (χ3n) is 3.39. The average Bonchev–Trinajstić information content (AvgIpc) is 2.92. The monoisotopic (exact) mass is 415 g/mol. The van der Waals surface area contributed by atoms with Gasteiger partial charge in [0.2, 0.25) is 0 Å². The quantitative estimate of drug-likeness (QED) is 0.282. The van der Waals surface area contributed by atoms with Crippen LogP contribution in [0, 0.1) is 0 Å². The van der Waals surface area contributed by atoms with Gasteiger partial charge in [-0.2, -0.15) is 0 Å². The number of nitrogens with one attached hydrogen (secondary N) is 3. The fourth-order valence-electron chi connectivity index (χ4n) is 2.23. The predicted octanol–water partition coefficient (Wildman–Crippen LogP) is 3.08. The van der Waals surface area contributed by atoms with E-state index in [4.69, 9.17) is 0 Å². The van der Waals surface area contributed by atoms with Crippen molar-refractivity contribution in [2.45, 2.75) is 32.6 Å². The number of H-pyrrole nitrogens is 1. The van der Waals surface area contributed by atoms with Crippen LogP contribution in [0.15, 0.2) is 29.3 Å². The van der Waals surface area contributed by atoms with Crippen LogP contribution in [0.3, 0.4) is 0 Å². The maximum atomic E-state index is 4.57. The summed E-state index contributed by atoms with van der Waals surface area (Å²) in [4.78, 5) is 12.1. The maximum absolute atomic E-state index is 4.57. The number of aromatic amines is 1. The molecule has 2 aromatic rings. The first-order chi connectivity index (χ1) is 10.3. The maximum Gasteiger partial charge on any atom is 0.190 e. The Kier molecular flexibility index (Phi) is 8.88. The third kappa shape index (κ3) is 5.82. The van der Waals surface area contributed by atoms with E-state index >= 15 is 0 Å². The number of rotatable bonds is 7. The van der Waals surface area contributed by atoms with Crippen molar-refractivity contribution in [1.29, 1.82) is 0 Å². The highest BCUT2D eigenvalue weighted by molar-refractivity contribution is 14.0. The summed E-state index contributed by atoms with van der Waals surface area (Å²) in [6.07, 6.45) is 4.52. The number of nitrogens with zero attached hydrogens (tertiary/aromatic N) is 2. The minimum Gasteiger partial charge on any atom is -0.356 e. The molecule has 0 fully saturated rings.